The largest absolute Gasteiger partial charge is 0.348 e. The summed E-state index contributed by atoms with van der Waals surface area (Å²) >= 11 is 0. The molecule has 1 saturated carbocycles. The molecular formula is C23H28N6O2. The molecule has 0 saturated heterocycles. The molecule has 0 aliphatic heterocycles. The van der Waals surface area contributed by atoms with Crippen LogP contribution in [0.1, 0.15) is 68.7 Å². The van der Waals surface area contributed by atoms with Crippen LogP contribution in [0, 0.1) is 0 Å². The molecule has 8 heteroatoms. The summed E-state index contributed by atoms with van der Waals surface area (Å²) in [5.74, 6) is -0.162. The molecular weight excluding hydrogens is 392 g/mol. The van der Waals surface area contributed by atoms with Gasteiger partial charge < -0.3 is 5.32 Å². The Balaban J connectivity index is 1.39. The minimum atomic E-state index is -0.162. The molecule has 3 aromatic rings. The molecule has 3 heterocycles. The first kappa shape index (κ1) is 21.0. The number of carbonyl (C=O) groups is 1. The first-order valence-corrected chi connectivity index (χ1v) is 10.7. The first-order valence-electron chi connectivity index (χ1n) is 10.7. The third kappa shape index (κ3) is 4.73. The molecule has 0 unspecified atom stereocenters. The van der Waals surface area contributed by atoms with Gasteiger partial charge in [-0.3, -0.25) is 19.7 Å². The smallest absolute Gasteiger partial charge is 0.271 e. The number of aromatic amines is 1. The number of H-pyrrole nitrogens is 1. The summed E-state index contributed by atoms with van der Waals surface area (Å²) in [6, 6.07) is 8.98. The van der Waals surface area contributed by atoms with Gasteiger partial charge in [0.25, 0.3) is 11.5 Å². The Morgan fingerprint density at radius 2 is 1.81 bits per heavy atom. The molecule has 1 amide bonds. The molecule has 3 aromatic heterocycles. The molecule has 8 nitrogen and oxygen atoms in total. The maximum atomic E-state index is 12.6. The van der Waals surface area contributed by atoms with Gasteiger partial charge >= 0.3 is 0 Å². The normalized spacial score (nSPS) is 19.2. The highest BCUT2D eigenvalue weighted by atomic mass is 16.2. The van der Waals surface area contributed by atoms with Crippen molar-refractivity contribution in [2.75, 3.05) is 0 Å². The Morgan fingerprint density at radius 1 is 1.10 bits per heavy atom. The lowest BCUT2D eigenvalue weighted by molar-refractivity contribution is 0.0916. The van der Waals surface area contributed by atoms with E-state index in [9.17, 15) is 9.59 Å². The average Bonchev–Trinajstić information content (AvgIpc) is 3.27. The van der Waals surface area contributed by atoms with Crippen LogP contribution in [0.3, 0.4) is 0 Å². The summed E-state index contributed by atoms with van der Waals surface area (Å²) in [5, 5.41) is 14.8. The van der Waals surface area contributed by atoms with E-state index in [0.29, 0.717) is 5.69 Å². The maximum absolute atomic E-state index is 12.6. The predicted molar refractivity (Wildman–Crippen MR) is 118 cm³/mol. The van der Waals surface area contributed by atoms with Crippen LogP contribution >= 0.6 is 0 Å². The van der Waals surface area contributed by atoms with Gasteiger partial charge in [-0.1, -0.05) is 20.8 Å². The second kappa shape index (κ2) is 8.45. The third-order valence-electron chi connectivity index (χ3n) is 5.80. The van der Waals surface area contributed by atoms with Crippen LogP contribution in [0.4, 0.5) is 0 Å². The Bertz CT molecular complexity index is 1100. The van der Waals surface area contributed by atoms with Gasteiger partial charge in [0, 0.05) is 41.2 Å². The van der Waals surface area contributed by atoms with E-state index in [-0.39, 0.29) is 29.0 Å². The van der Waals surface area contributed by atoms with Crippen molar-refractivity contribution in [1.82, 2.24) is 30.3 Å². The number of amides is 1. The lowest BCUT2D eigenvalue weighted by Gasteiger charge is -2.29. The van der Waals surface area contributed by atoms with Crippen molar-refractivity contribution >= 4 is 5.91 Å². The zero-order valence-electron chi connectivity index (χ0n) is 18.1. The number of hydrogen-bond acceptors (Lipinski definition) is 5. The Hall–Kier alpha value is -3.29. The SMILES string of the molecule is CC(C)(C)c1cc(C(=O)NC2CCC(n3nc(-c4ccncc4)ccc3=O)CC2)n[nH]1. The zero-order chi connectivity index (χ0) is 22.0. The highest BCUT2D eigenvalue weighted by molar-refractivity contribution is 5.92. The van der Waals surface area contributed by atoms with Gasteiger partial charge in [-0.05, 0) is 49.9 Å². The molecule has 0 atom stereocenters. The van der Waals surface area contributed by atoms with E-state index in [1.165, 1.54) is 0 Å². The summed E-state index contributed by atoms with van der Waals surface area (Å²) in [4.78, 5) is 29.1. The Morgan fingerprint density at radius 3 is 2.45 bits per heavy atom. The second-order valence-corrected chi connectivity index (χ2v) is 9.13. The average molecular weight is 421 g/mol. The van der Waals surface area contributed by atoms with Crippen LogP contribution in [0.2, 0.25) is 0 Å². The third-order valence-corrected chi connectivity index (χ3v) is 5.80. The van der Waals surface area contributed by atoms with Gasteiger partial charge in [0.2, 0.25) is 0 Å². The lowest BCUT2D eigenvalue weighted by atomic mass is 9.91. The van der Waals surface area contributed by atoms with E-state index in [0.717, 1.165) is 42.6 Å². The van der Waals surface area contributed by atoms with Crippen LogP contribution in [0.15, 0.2) is 47.5 Å². The van der Waals surface area contributed by atoms with Crippen LogP contribution in [-0.2, 0) is 5.41 Å². The van der Waals surface area contributed by atoms with E-state index in [4.69, 9.17) is 0 Å². The number of carbonyl (C=O) groups excluding carboxylic acids is 1. The fourth-order valence-electron chi connectivity index (χ4n) is 3.91. The monoisotopic (exact) mass is 420 g/mol. The maximum Gasteiger partial charge on any atom is 0.271 e. The number of nitrogens with one attached hydrogen (secondary N) is 2. The van der Waals surface area contributed by atoms with Crippen molar-refractivity contribution in [3.05, 3.63) is 64.5 Å². The minimum Gasteiger partial charge on any atom is -0.348 e. The van der Waals surface area contributed by atoms with E-state index >= 15 is 0 Å². The molecule has 1 aliphatic rings. The Labute approximate surface area is 181 Å². The van der Waals surface area contributed by atoms with Crippen molar-refractivity contribution in [2.24, 2.45) is 0 Å². The van der Waals surface area contributed by atoms with Crippen LogP contribution in [0.5, 0.6) is 0 Å². The molecule has 0 radical (unpaired) electrons. The first-order chi connectivity index (χ1) is 14.8. The minimum absolute atomic E-state index is 0.0281. The van der Waals surface area contributed by atoms with Crippen LogP contribution in [0.25, 0.3) is 11.3 Å². The summed E-state index contributed by atoms with van der Waals surface area (Å²) in [7, 11) is 0. The Kier molecular flexibility index (Phi) is 5.71. The standard InChI is InChI=1S/C23H28N6O2/c1-23(2,3)20-14-19(26-27-20)22(31)25-16-4-6-17(7-5-16)29-21(30)9-8-18(28-29)15-10-12-24-13-11-15/h8-14,16-17H,4-7H2,1-3H3,(H,25,31)(H,26,27). The zero-order valence-corrected chi connectivity index (χ0v) is 18.1. The number of rotatable bonds is 4. The number of aromatic nitrogens is 5. The van der Waals surface area contributed by atoms with E-state index in [2.05, 4.69) is 46.4 Å². The predicted octanol–water partition coefficient (Wildman–Crippen LogP) is 3.24. The molecule has 1 fully saturated rings. The van der Waals surface area contributed by atoms with E-state index in [1.807, 2.05) is 18.2 Å². The van der Waals surface area contributed by atoms with Crippen LogP contribution in [-0.4, -0.2) is 36.9 Å². The second-order valence-electron chi connectivity index (χ2n) is 9.13. The van der Waals surface area contributed by atoms with Crippen molar-refractivity contribution in [3.63, 3.8) is 0 Å². The van der Waals surface area contributed by atoms with E-state index in [1.54, 1.807) is 29.2 Å². The van der Waals surface area contributed by atoms with Gasteiger partial charge in [0.15, 0.2) is 0 Å². The molecule has 0 spiro atoms. The van der Waals surface area contributed by atoms with Gasteiger partial charge in [-0.15, -0.1) is 0 Å². The van der Waals surface area contributed by atoms with Crippen molar-refractivity contribution in [2.45, 2.75) is 64.0 Å². The molecule has 0 bridgehead atoms. The summed E-state index contributed by atoms with van der Waals surface area (Å²) in [5.41, 5.74) is 2.84. The van der Waals surface area contributed by atoms with Gasteiger partial charge in [0.1, 0.15) is 5.69 Å². The number of pyridine rings is 1. The van der Waals surface area contributed by atoms with Gasteiger partial charge in [0.05, 0.1) is 11.7 Å². The molecule has 2 N–H and O–H groups in total. The molecule has 31 heavy (non-hydrogen) atoms. The lowest BCUT2D eigenvalue weighted by Crippen LogP contribution is -2.39. The van der Waals surface area contributed by atoms with Crippen molar-refractivity contribution in [3.8, 4) is 11.3 Å². The summed E-state index contributed by atoms with van der Waals surface area (Å²) < 4.78 is 1.59. The summed E-state index contributed by atoms with van der Waals surface area (Å²) in [6.45, 7) is 6.22. The highest BCUT2D eigenvalue weighted by Crippen LogP contribution is 2.28. The van der Waals surface area contributed by atoms with Crippen LogP contribution < -0.4 is 10.9 Å². The van der Waals surface area contributed by atoms with Gasteiger partial charge in [-0.25, -0.2) is 4.68 Å². The summed E-state index contributed by atoms with van der Waals surface area (Å²) in [6.07, 6.45) is 6.58. The van der Waals surface area contributed by atoms with Crippen molar-refractivity contribution in [1.29, 1.82) is 0 Å². The van der Waals surface area contributed by atoms with Crippen molar-refractivity contribution < 1.29 is 4.79 Å². The quantitative estimate of drug-likeness (QED) is 0.674. The van der Waals surface area contributed by atoms with E-state index < -0.39 is 0 Å². The molecule has 4 rings (SSSR count). The fraction of sp³-hybridized carbons (Fsp3) is 0.435. The number of hydrogen-bond donors (Lipinski definition) is 2. The highest BCUT2D eigenvalue weighted by Gasteiger charge is 2.26. The fourth-order valence-corrected chi connectivity index (χ4v) is 3.91. The molecule has 162 valence electrons. The number of nitrogens with zero attached hydrogens (tertiary/aromatic N) is 4. The molecule has 0 aromatic carbocycles. The topological polar surface area (TPSA) is 106 Å². The van der Waals surface area contributed by atoms with Gasteiger partial charge in [-0.2, -0.15) is 10.2 Å². The molecule has 1 aliphatic carbocycles.